The molecule has 2 rings (SSSR count). The van der Waals surface area contributed by atoms with Gasteiger partial charge in [-0.25, -0.2) is 4.79 Å². The molecule has 0 heterocycles. The van der Waals surface area contributed by atoms with E-state index in [1.165, 1.54) is 7.11 Å². The van der Waals surface area contributed by atoms with E-state index < -0.39 is 0 Å². The maximum absolute atomic E-state index is 12.0. The van der Waals surface area contributed by atoms with Crippen molar-refractivity contribution < 1.29 is 9.53 Å². The van der Waals surface area contributed by atoms with E-state index in [1.54, 1.807) is 11.8 Å². The second kappa shape index (κ2) is 6.26. The van der Waals surface area contributed by atoms with Crippen LogP contribution < -0.4 is 0 Å². The molecular weight excluding hydrogens is 324 g/mol. The molecule has 2 nitrogen and oxygen atoms in total. The third-order valence-electron chi connectivity index (χ3n) is 2.77. The largest absolute Gasteiger partial charge is 0.465 e. The monoisotopic (exact) mass is 336 g/mol. The Morgan fingerprint density at radius 2 is 1.89 bits per heavy atom. The molecule has 2 aromatic rings. The fourth-order valence-electron chi connectivity index (χ4n) is 1.85. The molecule has 19 heavy (non-hydrogen) atoms. The van der Waals surface area contributed by atoms with Crippen molar-refractivity contribution in [2.75, 3.05) is 13.4 Å². The van der Waals surface area contributed by atoms with Crippen molar-refractivity contribution in [2.24, 2.45) is 0 Å². The Balaban J connectivity index is 2.69. The van der Waals surface area contributed by atoms with Gasteiger partial charge in [-0.05, 0) is 45.4 Å². The van der Waals surface area contributed by atoms with Gasteiger partial charge in [-0.15, -0.1) is 11.8 Å². The van der Waals surface area contributed by atoms with Crippen LogP contribution in [0.5, 0.6) is 0 Å². The van der Waals surface area contributed by atoms with E-state index in [0.717, 1.165) is 20.5 Å². The third-order valence-corrected chi connectivity index (χ3v) is 4.11. The van der Waals surface area contributed by atoms with Gasteiger partial charge >= 0.3 is 5.97 Å². The predicted octanol–water partition coefficient (Wildman–Crippen LogP) is 4.62. The Morgan fingerprint density at radius 1 is 1.21 bits per heavy atom. The van der Waals surface area contributed by atoms with Gasteiger partial charge in [-0.2, -0.15) is 0 Å². The summed E-state index contributed by atoms with van der Waals surface area (Å²) in [5, 5.41) is 0. The fraction of sp³-hybridized carbons (Fsp3) is 0.133. The number of esters is 1. The second-order valence-corrected chi connectivity index (χ2v) is 5.62. The lowest BCUT2D eigenvalue weighted by Gasteiger charge is -2.12. The minimum Gasteiger partial charge on any atom is -0.465 e. The Kier molecular flexibility index (Phi) is 4.66. The van der Waals surface area contributed by atoms with Crippen molar-refractivity contribution in [3.8, 4) is 11.1 Å². The molecule has 0 aromatic heterocycles. The number of ether oxygens (including phenoxy) is 1. The van der Waals surface area contributed by atoms with Gasteiger partial charge < -0.3 is 4.74 Å². The average Bonchev–Trinajstić information content (AvgIpc) is 2.46. The van der Waals surface area contributed by atoms with Crippen LogP contribution in [-0.4, -0.2) is 19.3 Å². The number of hydrogen-bond acceptors (Lipinski definition) is 3. The first-order chi connectivity index (χ1) is 9.17. The number of hydrogen-bond donors (Lipinski definition) is 0. The van der Waals surface area contributed by atoms with E-state index in [1.807, 2.05) is 48.7 Å². The molecule has 98 valence electrons. The quantitative estimate of drug-likeness (QED) is 0.604. The Labute approximate surface area is 125 Å². The van der Waals surface area contributed by atoms with E-state index in [4.69, 9.17) is 4.74 Å². The van der Waals surface area contributed by atoms with Crippen LogP contribution in [0.25, 0.3) is 11.1 Å². The maximum atomic E-state index is 12.0. The average molecular weight is 337 g/mol. The molecule has 0 aliphatic rings. The van der Waals surface area contributed by atoms with Crippen LogP contribution in [0, 0.1) is 0 Å². The molecule has 0 radical (unpaired) electrons. The summed E-state index contributed by atoms with van der Waals surface area (Å²) in [5.41, 5.74) is 2.44. The predicted molar refractivity (Wildman–Crippen MR) is 82.7 cm³/mol. The standard InChI is InChI=1S/C15H13BrO2S/c1-18-15(17)14-12(10-6-4-3-5-7-10)8-11(19-2)9-13(14)16/h3-9H,1-2H3. The van der Waals surface area contributed by atoms with Crippen molar-refractivity contribution in [3.63, 3.8) is 0 Å². The van der Waals surface area contributed by atoms with Crippen LogP contribution in [-0.2, 0) is 4.74 Å². The van der Waals surface area contributed by atoms with Gasteiger partial charge in [-0.3, -0.25) is 0 Å². The SMILES string of the molecule is COC(=O)c1c(Br)cc(SC)cc1-c1ccccc1. The van der Waals surface area contributed by atoms with Gasteiger partial charge in [0.05, 0.1) is 12.7 Å². The van der Waals surface area contributed by atoms with Crippen LogP contribution in [0.3, 0.4) is 0 Å². The normalized spacial score (nSPS) is 10.3. The van der Waals surface area contributed by atoms with E-state index in [0.29, 0.717) is 5.56 Å². The van der Waals surface area contributed by atoms with Gasteiger partial charge in [0.2, 0.25) is 0 Å². The molecule has 0 spiro atoms. The summed E-state index contributed by atoms with van der Waals surface area (Å²) in [6.07, 6.45) is 2.01. The van der Waals surface area contributed by atoms with Crippen LogP contribution in [0.1, 0.15) is 10.4 Å². The van der Waals surface area contributed by atoms with Crippen molar-refractivity contribution in [1.29, 1.82) is 0 Å². The highest BCUT2D eigenvalue weighted by molar-refractivity contribution is 9.10. The Morgan fingerprint density at radius 3 is 2.47 bits per heavy atom. The molecule has 2 aromatic carbocycles. The summed E-state index contributed by atoms with van der Waals surface area (Å²) in [5.74, 6) is -0.335. The first kappa shape index (κ1) is 14.2. The number of carbonyl (C=O) groups excluding carboxylic acids is 1. The summed E-state index contributed by atoms with van der Waals surface area (Å²) < 4.78 is 5.63. The minimum atomic E-state index is -0.335. The van der Waals surface area contributed by atoms with Gasteiger partial charge in [0.15, 0.2) is 0 Å². The molecule has 0 saturated heterocycles. The fourth-order valence-corrected chi connectivity index (χ4v) is 3.10. The molecular formula is C15H13BrO2S. The lowest BCUT2D eigenvalue weighted by Crippen LogP contribution is -2.05. The Hall–Kier alpha value is -1.26. The van der Waals surface area contributed by atoms with E-state index in [2.05, 4.69) is 15.9 Å². The highest BCUT2D eigenvalue weighted by Crippen LogP contribution is 2.34. The first-order valence-electron chi connectivity index (χ1n) is 5.68. The summed E-state index contributed by atoms with van der Waals surface area (Å²) in [6, 6.07) is 13.8. The highest BCUT2D eigenvalue weighted by atomic mass is 79.9. The van der Waals surface area contributed by atoms with Crippen molar-refractivity contribution in [1.82, 2.24) is 0 Å². The molecule has 0 bridgehead atoms. The lowest BCUT2D eigenvalue weighted by atomic mass is 10.00. The molecule has 0 unspecified atom stereocenters. The maximum Gasteiger partial charge on any atom is 0.339 e. The smallest absolute Gasteiger partial charge is 0.339 e. The summed E-state index contributed by atoms with van der Waals surface area (Å²) in [4.78, 5) is 13.1. The second-order valence-electron chi connectivity index (χ2n) is 3.89. The molecule has 0 atom stereocenters. The number of halogens is 1. The number of carbonyl (C=O) groups is 1. The Bertz CT molecular complexity index is 597. The highest BCUT2D eigenvalue weighted by Gasteiger charge is 2.18. The van der Waals surface area contributed by atoms with Crippen molar-refractivity contribution >= 4 is 33.7 Å². The minimum absolute atomic E-state index is 0.335. The first-order valence-corrected chi connectivity index (χ1v) is 7.70. The van der Waals surface area contributed by atoms with E-state index in [9.17, 15) is 4.79 Å². The zero-order valence-electron chi connectivity index (χ0n) is 10.6. The van der Waals surface area contributed by atoms with E-state index in [-0.39, 0.29) is 5.97 Å². The van der Waals surface area contributed by atoms with Gasteiger partial charge in [-0.1, -0.05) is 30.3 Å². The molecule has 4 heteroatoms. The molecule has 0 amide bonds. The van der Waals surface area contributed by atoms with Crippen LogP contribution in [0.2, 0.25) is 0 Å². The van der Waals surface area contributed by atoms with Crippen molar-refractivity contribution in [2.45, 2.75) is 4.90 Å². The molecule has 0 fully saturated rings. The van der Waals surface area contributed by atoms with Gasteiger partial charge in [0.25, 0.3) is 0 Å². The summed E-state index contributed by atoms with van der Waals surface area (Å²) >= 11 is 5.10. The lowest BCUT2D eigenvalue weighted by molar-refractivity contribution is 0.0600. The number of benzene rings is 2. The van der Waals surface area contributed by atoms with Gasteiger partial charge in [0.1, 0.15) is 0 Å². The van der Waals surface area contributed by atoms with Crippen LogP contribution in [0.4, 0.5) is 0 Å². The zero-order valence-corrected chi connectivity index (χ0v) is 13.0. The van der Waals surface area contributed by atoms with Gasteiger partial charge in [0, 0.05) is 9.37 Å². The summed E-state index contributed by atoms with van der Waals surface area (Å²) in [6.45, 7) is 0. The number of methoxy groups -OCH3 is 1. The van der Waals surface area contributed by atoms with E-state index >= 15 is 0 Å². The molecule has 0 N–H and O–H groups in total. The topological polar surface area (TPSA) is 26.3 Å². The molecule has 0 saturated carbocycles. The third kappa shape index (κ3) is 3.01. The van der Waals surface area contributed by atoms with Crippen LogP contribution in [0.15, 0.2) is 51.8 Å². The zero-order chi connectivity index (χ0) is 13.8. The number of rotatable bonds is 3. The molecule has 0 aliphatic heterocycles. The summed E-state index contributed by atoms with van der Waals surface area (Å²) in [7, 11) is 1.39. The molecule has 0 aliphatic carbocycles. The van der Waals surface area contributed by atoms with Crippen LogP contribution >= 0.6 is 27.7 Å². The number of thioether (sulfide) groups is 1. The van der Waals surface area contributed by atoms with Crippen molar-refractivity contribution in [3.05, 3.63) is 52.5 Å².